The Bertz CT molecular complexity index is 1050. The summed E-state index contributed by atoms with van der Waals surface area (Å²) in [6.07, 6.45) is -10.9. The molecule has 0 radical (unpaired) electrons. The van der Waals surface area contributed by atoms with Gasteiger partial charge in [-0.3, -0.25) is 4.79 Å². The summed E-state index contributed by atoms with van der Waals surface area (Å²) in [6, 6.07) is 5.87. The van der Waals surface area contributed by atoms with Gasteiger partial charge in [-0.15, -0.1) is 0 Å². The molecule has 2 fully saturated rings. The van der Waals surface area contributed by atoms with Crippen LogP contribution >= 0.6 is 0 Å². The Kier molecular flexibility index (Phi) is 6.60. The van der Waals surface area contributed by atoms with Crippen molar-refractivity contribution in [1.29, 1.82) is 0 Å². The molecule has 2 aliphatic rings. The molecule has 0 bridgehead atoms. The fourth-order valence-electron chi connectivity index (χ4n) is 4.96. The van der Waals surface area contributed by atoms with Crippen molar-refractivity contribution in [3.8, 4) is 0 Å². The third-order valence-corrected chi connectivity index (χ3v) is 6.68. The van der Waals surface area contributed by atoms with Crippen molar-refractivity contribution < 1.29 is 40.3 Å². The van der Waals surface area contributed by atoms with Gasteiger partial charge in [0.2, 0.25) is 5.91 Å². The fourth-order valence-corrected chi connectivity index (χ4v) is 4.96. The number of fused-ring (bicyclic) bond motifs is 1. The van der Waals surface area contributed by atoms with E-state index in [1.54, 1.807) is 4.90 Å². The number of alkyl halides is 6. The molecule has 0 saturated carbocycles. The van der Waals surface area contributed by atoms with Crippen molar-refractivity contribution in [2.45, 2.75) is 62.3 Å². The third-order valence-electron chi connectivity index (χ3n) is 6.68. The van der Waals surface area contributed by atoms with Crippen LogP contribution in [0, 0.1) is 5.82 Å². The SMILES string of the molecule is C[C@@H](O[C@H]1CN2C(=O)C(N)CC[C@H]2C1c1ccc(F)cc1)c1cc(C(F)(F)F)cc(C(F)(F)F)c1. The predicted molar refractivity (Wildman–Crippen MR) is 112 cm³/mol. The van der Waals surface area contributed by atoms with E-state index in [0.717, 1.165) is 0 Å². The van der Waals surface area contributed by atoms with Crippen molar-refractivity contribution in [2.24, 2.45) is 5.73 Å². The largest absolute Gasteiger partial charge is 0.416 e. The minimum Gasteiger partial charge on any atom is -0.368 e. The average molecular weight is 504 g/mol. The zero-order valence-electron chi connectivity index (χ0n) is 18.5. The summed E-state index contributed by atoms with van der Waals surface area (Å²) < 4.78 is 99.4. The van der Waals surface area contributed by atoms with Gasteiger partial charge >= 0.3 is 12.4 Å². The highest BCUT2D eigenvalue weighted by molar-refractivity contribution is 5.83. The monoisotopic (exact) mass is 504 g/mol. The normalized spacial score (nSPS) is 26.1. The topological polar surface area (TPSA) is 55.6 Å². The number of halogens is 7. The molecule has 0 spiro atoms. The van der Waals surface area contributed by atoms with Crippen molar-refractivity contribution in [2.75, 3.05) is 6.54 Å². The summed E-state index contributed by atoms with van der Waals surface area (Å²) in [5, 5.41) is 0. The van der Waals surface area contributed by atoms with Crippen LogP contribution in [0.3, 0.4) is 0 Å². The second-order valence-corrected chi connectivity index (χ2v) is 8.98. The van der Waals surface area contributed by atoms with Crippen LogP contribution in [0.1, 0.15) is 54.0 Å². The van der Waals surface area contributed by atoms with Crippen LogP contribution in [0.5, 0.6) is 0 Å². The van der Waals surface area contributed by atoms with Crippen LogP contribution in [0.25, 0.3) is 0 Å². The first-order valence-electron chi connectivity index (χ1n) is 11.0. The van der Waals surface area contributed by atoms with Gasteiger partial charge in [0.1, 0.15) is 5.82 Å². The molecule has 2 aliphatic heterocycles. The molecule has 2 N–H and O–H groups in total. The summed E-state index contributed by atoms with van der Waals surface area (Å²) in [6.45, 7) is 1.43. The van der Waals surface area contributed by atoms with Gasteiger partial charge in [0, 0.05) is 18.5 Å². The van der Waals surface area contributed by atoms with Crippen LogP contribution in [0.2, 0.25) is 0 Å². The maximum atomic E-state index is 13.5. The maximum absolute atomic E-state index is 13.5. The standard InChI is InChI=1S/C24H23F7N2O2/c1-12(14-8-15(23(26,27)28)10-16(9-14)24(29,30)31)35-20-11-33-19(7-6-18(32)22(33)34)21(20)13-2-4-17(25)5-3-13/h2-5,8-10,12,18-21H,6-7,11,32H2,1H3/t12-,18?,19+,20+,21?/m1/s1. The molecule has 0 aromatic heterocycles. The van der Waals surface area contributed by atoms with E-state index in [0.29, 0.717) is 30.5 Å². The summed E-state index contributed by atoms with van der Waals surface area (Å²) in [7, 11) is 0. The zero-order valence-corrected chi connectivity index (χ0v) is 18.5. The van der Waals surface area contributed by atoms with Crippen LogP contribution < -0.4 is 5.73 Å². The molecule has 1 amide bonds. The van der Waals surface area contributed by atoms with Crippen LogP contribution in [-0.4, -0.2) is 35.5 Å². The van der Waals surface area contributed by atoms with E-state index in [1.807, 2.05) is 0 Å². The van der Waals surface area contributed by atoms with Gasteiger partial charge in [0.15, 0.2) is 0 Å². The predicted octanol–water partition coefficient (Wildman–Crippen LogP) is 5.43. The van der Waals surface area contributed by atoms with Gasteiger partial charge in [-0.2, -0.15) is 26.3 Å². The second-order valence-electron chi connectivity index (χ2n) is 8.98. The second kappa shape index (κ2) is 9.09. The molecular weight excluding hydrogens is 481 g/mol. The first-order chi connectivity index (χ1) is 16.3. The summed E-state index contributed by atoms with van der Waals surface area (Å²) in [5.41, 5.74) is 3.39. The Morgan fingerprint density at radius 3 is 2.09 bits per heavy atom. The molecule has 190 valence electrons. The number of carbonyl (C=O) groups excluding carboxylic acids is 1. The lowest BCUT2D eigenvalue weighted by molar-refractivity contribution is -0.143. The van der Waals surface area contributed by atoms with Crippen molar-refractivity contribution in [3.05, 3.63) is 70.5 Å². The zero-order chi connectivity index (χ0) is 25.7. The first-order valence-corrected chi connectivity index (χ1v) is 11.0. The van der Waals surface area contributed by atoms with E-state index >= 15 is 0 Å². The van der Waals surface area contributed by atoms with Crippen molar-refractivity contribution in [1.82, 2.24) is 4.90 Å². The van der Waals surface area contributed by atoms with Crippen molar-refractivity contribution >= 4 is 5.91 Å². The number of hydrogen-bond acceptors (Lipinski definition) is 3. The highest BCUT2D eigenvalue weighted by Crippen LogP contribution is 2.43. The van der Waals surface area contributed by atoms with Gasteiger partial charge in [0.05, 0.1) is 29.4 Å². The lowest BCUT2D eigenvalue weighted by Crippen LogP contribution is -2.51. The third kappa shape index (κ3) is 5.16. The van der Waals surface area contributed by atoms with Crippen LogP contribution in [-0.2, 0) is 21.9 Å². The average Bonchev–Trinajstić information content (AvgIpc) is 3.14. The molecule has 4 rings (SSSR count). The minimum atomic E-state index is -4.98. The van der Waals surface area contributed by atoms with E-state index < -0.39 is 53.5 Å². The summed E-state index contributed by atoms with van der Waals surface area (Å²) >= 11 is 0. The molecule has 11 heteroatoms. The molecule has 2 aromatic carbocycles. The van der Waals surface area contributed by atoms with E-state index in [9.17, 15) is 35.5 Å². The number of rotatable bonds is 4. The molecule has 4 nitrogen and oxygen atoms in total. The highest BCUT2D eigenvalue weighted by atomic mass is 19.4. The minimum absolute atomic E-state index is 0.0629. The maximum Gasteiger partial charge on any atom is 0.416 e. The summed E-state index contributed by atoms with van der Waals surface area (Å²) in [4.78, 5) is 14.2. The Balaban J connectivity index is 1.68. The quantitative estimate of drug-likeness (QED) is 0.566. The Morgan fingerprint density at radius 2 is 1.54 bits per heavy atom. The Labute approximate surface area is 196 Å². The van der Waals surface area contributed by atoms with E-state index in [1.165, 1.54) is 31.2 Å². The Hall–Kier alpha value is -2.66. The molecule has 35 heavy (non-hydrogen) atoms. The number of carbonyl (C=O) groups is 1. The number of ether oxygens (including phenoxy) is 1. The van der Waals surface area contributed by atoms with Gasteiger partial charge in [-0.25, -0.2) is 4.39 Å². The van der Waals surface area contributed by atoms with Crippen LogP contribution in [0.15, 0.2) is 42.5 Å². The summed E-state index contributed by atoms with van der Waals surface area (Å²) in [5.74, 6) is -1.23. The lowest BCUT2D eigenvalue weighted by Gasteiger charge is -2.35. The van der Waals surface area contributed by atoms with E-state index in [-0.39, 0.29) is 30.1 Å². The molecule has 2 unspecified atom stereocenters. The van der Waals surface area contributed by atoms with Gasteiger partial charge in [0.25, 0.3) is 0 Å². The van der Waals surface area contributed by atoms with Crippen molar-refractivity contribution in [3.63, 3.8) is 0 Å². The lowest BCUT2D eigenvalue weighted by atomic mass is 9.85. The number of amides is 1. The Morgan fingerprint density at radius 1 is 0.971 bits per heavy atom. The molecule has 5 atom stereocenters. The molecule has 2 aromatic rings. The molecule has 2 heterocycles. The smallest absolute Gasteiger partial charge is 0.368 e. The number of benzene rings is 2. The highest BCUT2D eigenvalue weighted by Gasteiger charge is 2.49. The van der Waals surface area contributed by atoms with Gasteiger partial charge in [-0.05, 0) is 61.2 Å². The molecule has 0 aliphatic carbocycles. The molecular formula is C24H23F7N2O2. The first kappa shape index (κ1) is 25.4. The van der Waals surface area contributed by atoms with Gasteiger partial charge in [-0.1, -0.05) is 12.1 Å². The van der Waals surface area contributed by atoms with Gasteiger partial charge < -0.3 is 15.4 Å². The number of piperidine rings is 1. The number of nitrogens with zero attached hydrogens (tertiary/aromatic N) is 1. The fraction of sp³-hybridized carbons (Fsp3) is 0.458. The van der Waals surface area contributed by atoms with E-state index in [2.05, 4.69) is 0 Å². The van der Waals surface area contributed by atoms with Crippen LogP contribution in [0.4, 0.5) is 30.7 Å². The number of hydrogen-bond donors (Lipinski definition) is 1. The molecule has 2 saturated heterocycles. The van der Waals surface area contributed by atoms with E-state index in [4.69, 9.17) is 10.5 Å². The number of nitrogens with two attached hydrogens (primary N) is 1.